The fraction of sp³-hybridized carbons (Fsp3) is 0.259. The number of carbonyl (C=O) groups excluding carboxylic acids is 2. The van der Waals surface area contributed by atoms with E-state index in [4.69, 9.17) is 0 Å². The first-order chi connectivity index (χ1) is 16.5. The Hall–Kier alpha value is -4.00. The Kier molecular flexibility index (Phi) is 5.84. The molecule has 0 saturated heterocycles. The molecule has 1 aliphatic rings. The topological polar surface area (TPSA) is 79.6 Å². The highest BCUT2D eigenvalue weighted by atomic mass is 16.2. The molecule has 2 aromatic carbocycles. The van der Waals surface area contributed by atoms with Crippen LogP contribution in [0.1, 0.15) is 31.4 Å². The molecule has 1 atom stereocenters. The fourth-order valence-corrected chi connectivity index (χ4v) is 4.40. The highest BCUT2D eigenvalue weighted by Crippen LogP contribution is 2.26. The van der Waals surface area contributed by atoms with Gasteiger partial charge in [0.2, 0.25) is 17.6 Å². The van der Waals surface area contributed by atoms with Crippen molar-refractivity contribution in [2.45, 2.75) is 39.3 Å². The Morgan fingerprint density at radius 1 is 1.06 bits per heavy atom. The molecule has 5 rings (SSSR count). The van der Waals surface area contributed by atoms with Crippen molar-refractivity contribution in [2.24, 2.45) is 5.92 Å². The minimum Gasteiger partial charge on any atom is -0.326 e. The number of carbonyl (C=O) groups is 2. The molecule has 172 valence electrons. The van der Waals surface area contributed by atoms with Crippen LogP contribution >= 0.6 is 0 Å². The number of hydrogen-bond donors (Lipinski definition) is 1. The third-order valence-electron chi connectivity index (χ3n) is 6.14. The Morgan fingerprint density at radius 2 is 1.82 bits per heavy atom. The summed E-state index contributed by atoms with van der Waals surface area (Å²) in [6.45, 7) is 4.50. The summed E-state index contributed by atoms with van der Waals surface area (Å²) in [6, 6.07) is 16.9. The summed E-state index contributed by atoms with van der Waals surface area (Å²) < 4.78 is 1.87. The van der Waals surface area contributed by atoms with Crippen LogP contribution in [-0.2, 0) is 22.6 Å². The van der Waals surface area contributed by atoms with Gasteiger partial charge in [-0.05, 0) is 35.2 Å². The van der Waals surface area contributed by atoms with E-state index < -0.39 is 6.04 Å². The number of hydrogen-bond acceptors (Lipinski definition) is 4. The van der Waals surface area contributed by atoms with Gasteiger partial charge in [-0.1, -0.05) is 50.2 Å². The van der Waals surface area contributed by atoms with Crippen LogP contribution in [-0.4, -0.2) is 37.1 Å². The van der Waals surface area contributed by atoms with Crippen LogP contribution in [0, 0.1) is 5.92 Å². The maximum Gasteiger partial charge on any atom is 0.247 e. The molecule has 0 bridgehead atoms. The minimum absolute atomic E-state index is 0.0143. The first-order valence-corrected chi connectivity index (χ1v) is 11.5. The van der Waals surface area contributed by atoms with Gasteiger partial charge in [0.1, 0.15) is 6.04 Å². The van der Waals surface area contributed by atoms with Crippen LogP contribution in [0.5, 0.6) is 0 Å². The second kappa shape index (κ2) is 9.09. The molecule has 0 spiro atoms. The van der Waals surface area contributed by atoms with E-state index in [1.165, 1.54) is 0 Å². The second-order valence-electron chi connectivity index (χ2n) is 9.13. The second-order valence-corrected chi connectivity index (χ2v) is 9.13. The zero-order valence-electron chi connectivity index (χ0n) is 19.3. The lowest BCUT2D eigenvalue weighted by Gasteiger charge is -2.36. The van der Waals surface area contributed by atoms with Crippen LogP contribution in [0.2, 0.25) is 0 Å². The van der Waals surface area contributed by atoms with Crippen molar-refractivity contribution in [1.82, 2.24) is 19.3 Å². The minimum atomic E-state index is -0.537. The predicted molar refractivity (Wildman–Crippen MR) is 131 cm³/mol. The van der Waals surface area contributed by atoms with Gasteiger partial charge in [0.25, 0.3) is 0 Å². The number of nitrogens with one attached hydrogen (secondary N) is 1. The van der Waals surface area contributed by atoms with Crippen molar-refractivity contribution < 1.29 is 9.59 Å². The first-order valence-electron chi connectivity index (χ1n) is 11.5. The molecule has 2 aromatic heterocycles. The molecule has 0 saturated carbocycles. The van der Waals surface area contributed by atoms with Crippen molar-refractivity contribution >= 4 is 23.3 Å². The van der Waals surface area contributed by atoms with Crippen molar-refractivity contribution in [3.05, 3.63) is 84.3 Å². The SMILES string of the molecule is CC(C)CC(=O)N1Cc2ccccc2CC1C(=O)Nc1ccc(-c2cn3cccnc3n2)cc1. The molecule has 1 N–H and O–H groups in total. The van der Waals surface area contributed by atoms with E-state index in [9.17, 15) is 9.59 Å². The summed E-state index contributed by atoms with van der Waals surface area (Å²) in [5.74, 6) is 0.714. The lowest BCUT2D eigenvalue weighted by atomic mass is 9.92. The van der Waals surface area contributed by atoms with Crippen molar-refractivity contribution in [3.8, 4) is 11.3 Å². The number of imidazole rings is 1. The van der Waals surface area contributed by atoms with E-state index in [0.29, 0.717) is 30.9 Å². The molecule has 7 nitrogen and oxygen atoms in total. The summed E-state index contributed by atoms with van der Waals surface area (Å²) in [7, 11) is 0. The molecule has 2 amide bonds. The summed E-state index contributed by atoms with van der Waals surface area (Å²) in [4.78, 5) is 36.8. The normalized spacial score (nSPS) is 15.4. The standard InChI is InChI=1S/C27H27N5O2/c1-18(2)14-25(33)32-16-21-7-4-3-6-20(21)15-24(32)26(34)29-22-10-8-19(9-11-22)23-17-31-13-5-12-28-27(31)30-23/h3-13,17-18,24H,14-16H2,1-2H3,(H,29,34). The summed E-state index contributed by atoms with van der Waals surface area (Å²) in [5, 5.41) is 3.02. The van der Waals surface area contributed by atoms with Gasteiger partial charge >= 0.3 is 0 Å². The third kappa shape index (κ3) is 4.41. The smallest absolute Gasteiger partial charge is 0.247 e. The molecule has 1 aliphatic heterocycles. The number of anilines is 1. The van der Waals surface area contributed by atoms with Gasteiger partial charge in [-0.2, -0.15) is 0 Å². The fourth-order valence-electron chi connectivity index (χ4n) is 4.40. The molecule has 4 aromatic rings. The predicted octanol–water partition coefficient (Wildman–Crippen LogP) is 4.33. The molecule has 34 heavy (non-hydrogen) atoms. The molecule has 0 fully saturated rings. The molecule has 0 radical (unpaired) electrons. The number of rotatable bonds is 5. The number of fused-ring (bicyclic) bond motifs is 2. The van der Waals surface area contributed by atoms with Crippen LogP contribution in [0.15, 0.2) is 73.2 Å². The summed E-state index contributed by atoms with van der Waals surface area (Å²) in [5.41, 5.74) is 4.66. The number of aromatic nitrogens is 3. The lowest BCUT2D eigenvalue weighted by molar-refractivity contribution is -0.140. The van der Waals surface area contributed by atoms with Crippen LogP contribution < -0.4 is 5.32 Å². The quantitative estimate of drug-likeness (QED) is 0.488. The van der Waals surface area contributed by atoms with Gasteiger partial charge in [-0.25, -0.2) is 9.97 Å². The maximum absolute atomic E-state index is 13.3. The van der Waals surface area contributed by atoms with Gasteiger partial charge in [0.15, 0.2) is 0 Å². The Balaban J connectivity index is 1.34. The van der Waals surface area contributed by atoms with Crippen molar-refractivity contribution in [2.75, 3.05) is 5.32 Å². The van der Waals surface area contributed by atoms with Gasteiger partial charge in [-0.15, -0.1) is 0 Å². The lowest BCUT2D eigenvalue weighted by Crippen LogP contribution is -2.50. The number of benzene rings is 2. The van der Waals surface area contributed by atoms with Crippen LogP contribution in [0.4, 0.5) is 5.69 Å². The third-order valence-corrected chi connectivity index (χ3v) is 6.14. The highest BCUT2D eigenvalue weighted by molar-refractivity contribution is 5.98. The van der Waals surface area contributed by atoms with Crippen molar-refractivity contribution in [3.63, 3.8) is 0 Å². The maximum atomic E-state index is 13.3. The van der Waals surface area contributed by atoms with E-state index in [1.807, 2.05) is 85.2 Å². The van der Waals surface area contributed by atoms with Crippen molar-refractivity contribution in [1.29, 1.82) is 0 Å². The Morgan fingerprint density at radius 3 is 2.56 bits per heavy atom. The van der Waals surface area contributed by atoms with E-state index in [0.717, 1.165) is 22.4 Å². The molecular formula is C27H27N5O2. The molecule has 3 heterocycles. The molecule has 1 unspecified atom stereocenters. The Labute approximate surface area is 198 Å². The van der Waals surface area contributed by atoms with Gasteiger partial charge in [0, 0.05) is 49.2 Å². The van der Waals surface area contributed by atoms with Crippen LogP contribution in [0.25, 0.3) is 17.0 Å². The zero-order chi connectivity index (χ0) is 23.7. The zero-order valence-corrected chi connectivity index (χ0v) is 19.3. The van der Waals surface area contributed by atoms with E-state index >= 15 is 0 Å². The Bertz CT molecular complexity index is 1310. The van der Waals surface area contributed by atoms with Gasteiger partial charge in [-0.3, -0.25) is 14.0 Å². The summed E-state index contributed by atoms with van der Waals surface area (Å²) >= 11 is 0. The molecular weight excluding hydrogens is 426 g/mol. The van der Waals surface area contributed by atoms with E-state index in [-0.39, 0.29) is 17.7 Å². The monoisotopic (exact) mass is 453 g/mol. The van der Waals surface area contributed by atoms with Gasteiger partial charge in [0.05, 0.1) is 5.69 Å². The number of amides is 2. The van der Waals surface area contributed by atoms with E-state index in [1.54, 1.807) is 11.1 Å². The van der Waals surface area contributed by atoms with Gasteiger partial charge < -0.3 is 10.2 Å². The average Bonchev–Trinajstić information content (AvgIpc) is 3.27. The average molecular weight is 454 g/mol. The van der Waals surface area contributed by atoms with E-state index in [2.05, 4.69) is 15.3 Å². The first kappa shape index (κ1) is 21.8. The largest absolute Gasteiger partial charge is 0.326 e. The summed E-state index contributed by atoms with van der Waals surface area (Å²) in [6.07, 6.45) is 6.48. The molecule has 7 heteroatoms. The highest BCUT2D eigenvalue weighted by Gasteiger charge is 2.34. The van der Waals surface area contributed by atoms with Crippen LogP contribution in [0.3, 0.4) is 0 Å². The number of nitrogens with zero attached hydrogens (tertiary/aromatic N) is 4. The molecule has 0 aliphatic carbocycles.